The molecule has 8 heteroatoms. The summed E-state index contributed by atoms with van der Waals surface area (Å²) >= 11 is 6.25. The summed E-state index contributed by atoms with van der Waals surface area (Å²) in [5.74, 6) is -0.176. The minimum atomic E-state index is -0.446. The third-order valence-corrected chi connectivity index (χ3v) is 5.03. The van der Waals surface area contributed by atoms with Gasteiger partial charge in [-0.05, 0) is 25.1 Å². The molecule has 0 aromatic heterocycles. The average molecular weight is 389 g/mol. The summed E-state index contributed by atoms with van der Waals surface area (Å²) in [4.78, 5) is 27.2. The van der Waals surface area contributed by atoms with Gasteiger partial charge in [-0.2, -0.15) is 0 Å². The topological polar surface area (TPSA) is 78.7 Å². The van der Waals surface area contributed by atoms with Crippen molar-refractivity contribution in [3.63, 3.8) is 0 Å². The molecule has 3 rings (SSSR count). The molecule has 0 unspecified atom stereocenters. The molecule has 1 fully saturated rings. The fourth-order valence-corrected chi connectivity index (χ4v) is 3.46. The van der Waals surface area contributed by atoms with Crippen LogP contribution < -0.4 is 10.2 Å². The van der Waals surface area contributed by atoms with Crippen LogP contribution >= 0.6 is 11.6 Å². The van der Waals surface area contributed by atoms with E-state index >= 15 is 0 Å². The summed E-state index contributed by atoms with van der Waals surface area (Å²) in [6.07, 6.45) is 0. The Bertz CT molecular complexity index is 851. The fraction of sp³-hybridized carbons (Fsp3) is 0.316. The Kier molecular flexibility index (Phi) is 5.93. The monoisotopic (exact) mass is 388 g/mol. The van der Waals surface area contributed by atoms with Gasteiger partial charge in [0.05, 0.1) is 33.4 Å². The highest BCUT2D eigenvalue weighted by Crippen LogP contribution is 2.26. The van der Waals surface area contributed by atoms with Gasteiger partial charge in [-0.1, -0.05) is 29.8 Å². The molecule has 1 saturated heterocycles. The number of amides is 1. The number of anilines is 2. The highest BCUT2D eigenvalue weighted by Gasteiger charge is 2.21. The van der Waals surface area contributed by atoms with E-state index in [2.05, 4.69) is 15.1 Å². The van der Waals surface area contributed by atoms with Gasteiger partial charge >= 0.3 is 0 Å². The van der Waals surface area contributed by atoms with Crippen molar-refractivity contribution >= 4 is 34.6 Å². The van der Waals surface area contributed by atoms with Gasteiger partial charge in [-0.3, -0.25) is 19.8 Å². The molecular weight excluding hydrogens is 368 g/mol. The van der Waals surface area contributed by atoms with Crippen molar-refractivity contribution in [2.45, 2.75) is 6.92 Å². The first-order valence-corrected chi connectivity index (χ1v) is 9.09. The highest BCUT2D eigenvalue weighted by atomic mass is 35.5. The van der Waals surface area contributed by atoms with E-state index in [9.17, 15) is 14.9 Å². The van der Waals surface area contributed by atoms with Gasteiger partial charge in [0.2, 0.25) is 5.91 Å². The van der Waals surface area contributed by atoms with E-state index in [1.807, 2.05) is 24.3 Å². The number of nitrogens with zero attached hydrogens (tertiary/aromatic N) is 3. The van der Waals surface area contributed by atoms with Crippen LogP contribution in [0.5, 0.6) is 0 Å². The second-order valence-corrected chi connectivity index (χ2v) is 6.88. The number of carbonyl (C=O) groups is 1. The lowest BCUT2D eigenvalue weighted by molar-refractivity contribution is -0.385. The molecule has 1 aliphatic heterocycles. The maximum atomic E-state index is 12.4. The molecule has 142 valence electrons. The standard InChI is InChI=1S/C19H21ClN4O3/c1-14-16(6-4-8-17(14)24(26)27)21-19(25)13-22-9-11-23(12-10-22)18-7-3-2-5-15(18)20/h2-8H,9-13H2,1H3,(H,21,25). The Labute approximate surface area is 162 Å². The number of para-hydroxylation sites is 1. The van der Waals surface area contributed by atoms with Crippen molar-refractivity contribution < 1.29 is 9.72 Å². The zero-order valence-corrected chi connectivity index (χ0v) is 15.8. The largest absolute Gasteiger partial charge is 0.368 e. The number of nitro groups is 1. The van der Waals surface area contributed by atoms with Crippen LogP contribution in [0.3, 0.4) is 0 Å². The summed E-state index contributed by atoms with van der Waals surface area (Å²) in [7, 11) is 0. The number of halogens is 1. The molecule has 2 aromatic rings. The Morgan fingerprint density at radius 3 is 2.52 bits per heavy atom. The number of benzene rings is 2. The van der Waals surface area contributed by atoms with Crippen LogP contribution in [0.2, 0.25) is 5.02 Å². The van der Waals surface area contributed by atoms with E-state index in [0.29, 0.717) is 11.3 Å². The van der Waals surface area contributed by atoms with Gasteiger partial charge in [0.25, 0.3) is 5.69 Å². The zero-order valence-electron chi connectivity index (χ0n) is 15.0. The van der Waals surface area contributed by atoms with Crippen LogP contribution in [0.4, 0.5) is 17.1 Å². The van der Waals surface area contributed by atoms with Crippen molar-refractivity contribution in [1.29, 1.82) is 0 Å². The van der Waals surface area contributed by atoms with Gasteiger partial charge in [-0.15, -0.1) is 0 Å². The third kappa shape index (κ3) is 4.56. The van der Waals surface area contributed by atoms with Crippen LogP contribution in [0.25, 0.3) is 0 Å². The van der Waals surface area contributed by atoms with E-state index in [0.717, 1.165) is 36.9 Å². The van der Waals surface area contributed by atoms with E-state index in [-0.39, 0.29) is 18.1 Å². The molecule has 1 N–H and O–H groups in total. The summed E-state index contributed by atoms with van der Waals surface area (Å²) in [6, 6.07) is 12.4. The smallest absolute Gasteiger partial charge is 0.274 e. The molecule has 27 heavy (non-hydrogen) atoms. The maximum absolute atomic E-state index is 12.4. The van der Waals surface area contributed by atoms with Crippen molar-refractivity contribution in [1.82, 2.24) is 4.90 Å². The van der Waals surface area contributed by atoms with Crippen molar-refractivity contribution in [3.8, 4) is 0 Å². The fourth-order valence-electron chi connectivity index (χ4n) is 3.20. The van der Waals surface area contributed by atoms with E-state index in [4.69, 9.17) is 11.6 Å². The van der Waals surface area contributed by atoms with Crippen LogP contribution in [0, 0.1) is 17.0 Å². The third-order valence-electron chi connectivity index (χ3n) is 4.71. The second-order valence-electron chi connectivity index (χ2n) is 6.47. The number of hydrogen-bond donors (Lipinski definition) is 1. The molecule has 2 aromatic carbocycles. The van der Waals surface area contributed by atoms with Gasteiger partial charge in [0, 0.05) is 32.2 Å². The van der Waals surface area contributed by atoms with Gasteiger partial charge in [0.15, 0.2) is 0 Å². The van der Waals surface area contributed by atoms with Crippen molar-refractivity contribution in [3.05, 3.63) is 63.2 Å². The van der Waals surface area contributed by atoms with Crippen LogP contribution in [0.1, 0.15) is 5.56 Å². The zero-order chi connectivity index (χ0) is 19.4. The molecule has 0 bridgehead atoms. The Morgan fingerprint density at radius 1 is 1.15 bits per heavy atom. The Balaban J connectivity index is 1.55. The molecular formula is C19H21ClN4O3. The molecule has 1 aliphatic rings. The number of nitrogens with one attached hydrogen (secondary N) is 1. The van der Waals surface area contributed by atoms with Crippen molar-refractivity contribution in [2.75, 3.05) is 42.9 Å². The van der Waals surface area contributed by atoms with Crippen LogP contribution in [0.15, 0.2) is 42.5 Å². The molecule has 0 atom stereocenters. The quantitative estimate of drug-likeness (QED) is 0.628. The lowest BCUT2D eigenvalue weighted by Crippen LogP contribution is -2.48. The first-order valence-electron chi connectivity index (χ1n) is 8.71. The molecule has 0 spiro atoms. The summed E-state index contributed by atoms with van der Waals surface area (Å²) < 4.78 is 0. The summed E-state index contributed by atoms with van der Waals surface area (Å²) in [5.41, 5.74) is 1.94. The molecule has 1 amide bonds. The normalized spacial score (nSPS) is 14.8. The van der Waals surface area contributed by atoms with Crippen LogP contribution in [-0.2, 0) is 4.79 Å². The van der Waals surface area contributed by atoms with Gasteiger partial charge < -0.3 is 10.2 Å². The predicted octanol–water partition coefficient (Wildman–Crippen LogP) is 3.32. The lowest BCUT2D eigenvalue weighted by atomic mass is 10.1. The Hall–Kier alpha value is -2.64. The van der Waals surface area contributed by atoms with Crippen LogP contribution in [-0.4, -0.2) is 48.5 Å². The maximum Gasteiger partial charge on any atom is 0.274 e. The van der Waals surface area contributed by atoms with E-state index < -0.39 is 4.92 Å². The minimum absolute atomic E-state index is 0.00107. The molecule has 0 radical (unpaired) electrons. The number of piperazine rings is 1. The number of hydrogen-bond acceptors (Lipinski definition) is 5. The minimum Gasteiger partial charge on any atom is -0.368 e. The first-order chi connectivity index (χ1) is 13.0. The molecule has 0 saturated carbocycles. The second kappa shape index (κ2) is 8.37. The van der Waals surface area contributed by atoms with Gasteiger partial charge in [0.1, 0.15) is 0 Å². The van der Waals surface area contributed by atoms with E-state index in [1.165, 1.54) is 6.07 Å². The Morgan fingerprint density at radius 2 is 1.85 bits per heavy atom. The lowest BCUT2D eigenvalue weighted by Gasteiger charge is -2.36. The number of carbonyl (C=O) groups excluding carboxylic acids is 1. The molecule has 7 nitrogen and oxygen atoms in total. The summed E-state index contributed by atoms with van der Waals surface area (Å²) in [6.45, 7) is 4.94. The number of nitro benzene ring substituents is 1. The average Bonchev–Trinajstić information content (AvgIpc) is 2.64. The number of rotatable bonds is 5. The SMILES string of the molecule is Cc1c(NC(=O)CN2CCN(c3ccccc3Cl)CC2)cccc1[N+](=O)[O-]. The predicted molar refractivity (Wildman–Crippen MR) is 107 cm³/mol. The first kappa shape index (κ1) is 19.1. The summed E-state index contributed by atoms with van der Waals surface area (Å²) in [5, 5.41) is 14.5. The van der Waals surface area contributed by atoms with E-state index in [1.54, 1.807) is 19.1 Å². The highest BCUT2D eigenvalue weighted by molar-refractivity contribution is 6.33. The van der Waals surface area contributed by atoms with Gasteiger partial charge in [-0.25, -0.2) is 0 Å². The molecule has 1 heterocycles. The molecule has 0 aliphatic carbocycles. The van der Waals surface area contributed by atoms with Crippen molar-refractivity contribution in [2.24, 2.45) is 0 Å².